The van der Waals surface area contributed by atoms with Crippen LogP contribution in [0.4, 0.5) is 0 Å². The monoisotopic (exact) mass is 229 g/mol. The molecule has 1 atom stereocenters. The Kier molecular flexibility index (Phi) is 5.54. The highest BCUT2D eigenvalue weighted by Gasteiger charge is 2.23. The van der Waals surface area contributed by atoms with Gasteiger partial charge in [0.25, 0.3) is 0 Å². The standard InChI is InChI=1S/C11H15NO2.ClH/c1-9(12)11(13,14)8-7-10-5-3-2-4-6-10;/h2-9,13-14H,12H2,1H3;1H. The van der Waals surface area contributed by atoms with Crippen molar-refractivity contribution in [2.75, 3.05) is 0 Å². The molecular weight excluding hydrogens is 214 g/mol. The van der Waals surface area contributed by atoms with Gasteiger partial charge in [-0.15, -0.1) is 12.4 Å². The summed E-state index contributed by atoms with van der Waals surface area (Å²) in [5.41, 5.74) is 6.29. The van der Waals surface area contributed by atoms with Crippen LogP contribution in [0.3, 0.4) is 0 Å². The van der Waals surface area contributed by atoms with E-state index in [2.05, 4.69) is 0 Å². The fourth-order valence-corrected chi connectivity index (χ4v) is 0.935. The van der Waals surface area contributed by atoms with Crippen LogP contribution in [-0.2, 0) is 0 Å². The molecule has 0 aromatic heterocycles. The zero-order valence-corrected chi connectivity index (χ0v) is 9.32. The van der Waals surface area contributed by atoms with Crippen LogP contribution in [0, 0.1) is 0 Å². The molecule has 0 heterocycles. The average Bonchev–Trinajstić information content (AvgIpc) is 2.16. The topological polar surface area (TPSA) is 66.5 Å². The molecule has 1 rings (SSSR count). The van der Waals surface area contributed by atoms with Crippen molar-refractivity contribution in [3.63, 3.8) is 0 Å². The molecule has 0 radical (unpaired) electrons. The first-order chi connectivity index (χ1) is 6.52. The van der Waals surface area contributed by atoms with Crippen LogP contribution in [0.5, 0.6) is 0 Å². The minimum Gasteiger partial charge on any atom is -0.361 e. The molecule has 1 aromatic rings. The predicted octanol–water partition coefficient (Wildman–Crippen LogP) is 1.15. The van der Waals surface area contributed by atoms with Gasteiger partial charge >= 0.3 is 0 Å². The lowest BCUT2D eigenvalue weighted by Gasteiger charge is -2.21. The zero-order valence-electron chi connectivity index (χ0n) is 8.50. The Morgan fingerprint density at radius 3 is 2.27 bits per heavy atom. The molecule has 4 N–H and O–H groups in total. The highest BCUT2D eigenvalue weighted by Crippen LogP contribution is 2.09. The van der Waals surface area contributed by atoms with E-state index in [9.17, 15) is 10.2 Å². The van der Waals surface area contributed by atoms with E-state index in [1.165, 1.54) is 13.0 Å². The van der Waals surface area contributed by atoms with Gasteiger partial charge in [-0.2, -0.15) is 0 Å². The minimum atomic E-state index is -1.95. The summed E-state index contributed by atoms with van der Waals surface area (Å²) in [5.74, 6) is -1.95. The third-order valence-electron chi connectivity index (χ3n) is 1.99. The van der Waals surface area contributed by atoms with Crippen LogP contribution in [-0.4, -0.2) is 22.0 Å². The third-order valence-corrected chi connectivity index (χ3v) is 1.99. The molecule has 1 unspecified atom stereocenters. The fourth-order valence-electron chi connectivity index (χ4n) is 0.935. The van der Waals surface area contributed by atoms with Crippen molar-refractivity contribution in [3.8, 4) is 0 Å². The van der Waals surface area contributed by atoms with Crippen LogP contribution >= 0.6 is 12.4 Å². The maximum atomic E-state index is 9.40. The lowest BCUT2D eigenvalue weighted by atomic mass is 10.1. The van der Waals surface area contributed by atoms with E-state index in [0.29, 0.717) is 0 Å². The molecule has 0 bridgehead atoms. The van der Waals surface area contributed by atoms with Crippen LogP contribution in [0.2, 0.25) is 0 Å². The molecular formula is C11H16ClNO2. The Labute approximate surface area is 95.6 Å². The van der Waals surface area contributed by atoms with E-state index >= 15 is 0 Å². The number of hydrogen-bond donors (Lipinski definition) is 3. The Morgan fingerprint density at radius 1 is 1.27 bits per heavy atom. The van der Waals surface area contributed by atoms with Crippen LogP contribution < -0.4 is 5.73 Å². The van der Waals surface area contributed by atoms with Gasteiger partial charge in [0, 0.05) is 0 Å². The maximum absolute atomic E-state index is 9.40. The molecule has 0 aliphatic carbocycles. The van der Waals surface area contributed by atoms with Crippen molar-refractivity contribution in [2.24, 2.45) is 5.73 Å². The molecule has 0 aliphatic rings. The molecule has 1 aromatic carbocycles. The second-order valence-electron chi connectivity index (χ2n) is 3.32. The first kappa shape index (κ1) is 14.1. The van der Waals surface area contributed by atoms with Crippen molar-refractivity contribution in [1.82, 2.24) is 0 Å². The van der Waals surface area contributed by atoms with E-state index in [-0.39, 0.29) is 12.4 Å². The summed E-state index contributed by atoms with van der Waals surface area (Å²) in [4.78, 5) is 0. The highest BCUT2D eigenvalue weighted by molar-refractivity contribution is 5.85. The molecule has 0 amide bonds. The summed E-state index contributed by atoms with van der Waals surface area (Å²) in [6.45, 7) is 1.54. The fraction of sp³-hybridized carbons (Fsp3) is 0.273. The van der Waals surface area contributed by atoms with Crippen molar-refractivity contribution >= 4 is 18.5 Å². The van der Waals surface area contributed by atoms with E-state index in [4.69, 9.17) is 5.73 Å². The molecule has 0 saturated heterocycles. The normalized spacial score (nSPS) is 13.6. The van der Waals surface area contributed by atoms with Gasteiger partial charge in [0.1, 0.15) is 0 Å². The maximum Gasteiger partial charge on any atom is 0.198 e. The van der Waals surface area contributed by atoms with Crippen LogP contribution in [0.15, 0.2) is 36.4 Å². The highest BCUT2D eigenvalue weighted by atomic mass is 35.5. The Bertz CT molecular complexity index is 310. The first-order valence-electron chi connectivity index (χ1n) is 4.47. The Hall–Kier alpha value is -0.870. The second kappa shape index (κ2) is 5.88. The number of aliphatic hydroxyl groups is 2. The summed E-state index contributed by atoms with van der Waals surface area (Å²) in [6.07, 6.45) is 2.91. The SMILES string of the molecule is CC(N)C(O)(O)C=Cc1ccccc1.Cl. The molecule has 3 nitrogen and oxygen atoms in total. The van der Waals surface area contributed by atoms with Gasteiger partial charge in [0.05, 0.1) is 6.04 Å². The van der Waals surface area contributed by atoms with Crippen molar-refractivity contribution in [1.29, 1.82) is 0 Å². The van der Waals surface area contributed by atoms with Crippen LogP contribution in [0.25, 0.3) is 6.08 Å². The smallest absolute Gasteiger partial charge is 0.198 e. The van der Waals surface area contributed by atoms with E-state index in [1.54, 1.807) is 6.08 Å². The number of hydrogen-bond acceptors (Lipinski definition) is 3. The minimum absolute atomic E-state index is 0. The molecule has 0 fully saturated rings. The quantitative estimate of drug-likeness (QED) is 0.682. The van der Waals surface area contributed by atoms with E-state index in [1.807, 2.05) is 30.3 Å². The molecule has 0 spiro atoms. The van der Waals surface area contributed by atoms with Gasteiger partial charge in [-0.1, -0.05) is 36.4 Å². The molecule has 0 saturated carbocycles. The number of rotatable bonds is 3. The molecule has 4 heteroatoms. The summed E-state index contributed by atoms with van der Waals surface area (Å²) in [6, 6.07) is 8.67. The van der Waals surface area contributed by atoms with E-state index < -0.39 is 11.8 Å². The summed E-state index contributed by atoms with van der Waals surface area (Å²) >= 11 is 0. The van der Waals surface area contributed by atoms with Gasteiger partial charge in [-0.05, 0) is 18.6 Å². The summed E-state index contributed by atoms with van der Waals surface area (Å²) in [7, 11) is 0. The zero-order chi connectivity index (χ0) is 10.6. The van der Waals surface area contributed by atoms with Gasteiger partial charge in [-0.25, -0.2) is 0 Å². The Balaban J connectivity index is 0.00000196. The predicted molar refractivity (Wildman–Crippen MR) is 63.5 cm³/mol. The number of halogens is 1. The van der Waals surface area contributed by atoms with Crippen LogP contribution in [0.1, 0.15) is 12.5 Å². The van der Waals surface area contributed by atoms with Gasteiger partial charge in [-0.3, -0.25) is 0 Å². The lowest BCUT2D eigenvalue weighted by Crippen LogP contribution is -2.44. The lowest BCUT2D eigenvalue weighted by molar-refractivity contribution is -0.130. The summed E-state index contributed by atoms with van der Waals surface area (Å²) in [5, 5.41) is 18.8. The van der Waals surface area contributed by atoms with Crippen molar-refractivity contribution in [2.45, 2.75) is 18.8 Å². The largest absolute Gasteiger partial charge is 0.361 e. The number of nitrogens with two attached hydrogens (primary N) is 1. The van der Waals surface area contributed by atoms with Crippen molar-refractivity contribution in [3.05, 3.63) is 42.0 Å². The molecule has 0 aliphatic heterocycles. The summed E-state index contributed by atoms with van der Waals surface area (Å²) < 4.78 is 0. The first-order valence-corrected chi connectivity index (χ1v) is 4.47. The third kappa shape index (κ3) is 4.44. The average molecular weight is 230 g/mol. The van der Waals surface area contributed by atoms with Gasteiger partial charge in [0.15, 0.2) is 5.79 Å². The number of benzene rings is 1. The Morgan fingerprint density at radius 2 is 1.80 bits per heavy atom. The van der Waals surface area contributed by atoms with Crippen molar-refractivity contribution < 1.29 is 10.2 Å². The van der Waals surface area contributed by atoms with Gasteiger partial charge < -0.3 is 15.9 Å². The second-order valence-corrected chi connectivity index (χ2v) is 3.32. The molecule has 15 heavy (non-hydrogen) atoms. The molecule has 84 valence electrons. The van der Waals surface area contributed by atoms with E-state index in [0.717, 1.165) is 5.56 Å². The van der Waals surface area contributed by atoms with Gasteiger partial charge in [0.2, 0.25) is 0 Å².